The molecule has 264 valence electrons. The van der Waals surface area contributed by atoms with Crippen LogP contribution in [0.15, 0.2) is 134 Å². The highest BCUT2D eigenvalue weighted by Crippen LogP contribution is 2.48. The number of nitrogens with one attached hydrogen (secondary N) is 1. The first-order valence-electron chi connectivity index (χ1n) is 17.8. The van der Waals surface area contributed by atoms with Crippen LogP contribution in [0.5, 0.6) is 0 Å². The van der Waals surface area contributed by atoms with Crippen molar-refractivity contribution in [1.82, 2.24) is 10.2 Å². The molecule has 1 unspecified atom stereocenters. The fraction of sp³-hybridized carbons (Fsp3) is 0.318. The smallest absolute Gasteiger partial charge is 0.179 e. The molecule has 4 nitrogen and oxygen atoms in total. The Balaban J connectivity index is 1.31. The summed E-state index contributed by atoms with van der Waals surface area (Å²) in [6.07, 6.45) is 14.7. The van der Waals surface area contributed by atoms with E-state index in [0.29, 0.717) is 5.92 Å². The van der Waals surface area contributed by atoms with Gasteiger partial charge in [-0.1, -0.05) is 161 Å². The summed E-state index contributed by atoms with van der Waals surface area (Å²) in [5.41, 5.74) is 11.6. The molecule has 0 spiro atoms. The van der Waals surface area contributed by atoms with E-state index in [2.05, 4.69) is 161 Å². The standard InChI is InChI=1S/C44H50N4S3/c1-9-31-22-24-32(25-23-31)29-49-41-46-47-42(51-41)50-40-33(26-21-30(2)43(3,4)35-17-10-12-19-37(35)45-7)15-14-16-34(40)27-28-39-44(5,6)36-18-11-13-20-38(36)48(39)8/h9-13,17-28,30,45H,1,14-16,29H2,2-8H3/b26-21+,34-27+,39-28+. The molecule has 6 rings (SSSR count). The molecule has 51 heavy (non-hydrogen) atoms. The maximum atomic E-state index is 4.69. The van der Waals surface area contributed by atoms with Gasteiger partial charge in [-0.25, -0.2) is 0 Å². The lowest BCUT2D eigenvalue weighted by Gasteiger charge is -2.32. The van der Waals surface area contributed by atoms with Crippen molar-refractivity contribution in [2.45, 2.75) is 79.1 Å². The minimum atomic E-state index is -0.0706. The van der Waals surface area contributed by atoms with Gasteiger partial charge in [0.2, 0.25) is 0 Å². The SMILES string of the molecule is C=Cc1ccc(CSc2nnc(SC3=C(/C=C/C(C)C(C)(C)c4ccccc4NC)CCC/C3=C\C=C3\N(C)c4ccccc4C3(C)C)s2)cc1. The molecule has 1 aliphatic carbocycles. The summed E-state index contributed by atoms with van der Waals surface area (Å²) < 4.78 is 1.99. The van der Waals surface area contributed by atoms with Gasteiger partial charge in [0, 0.05) is 47.2 Å². The van der Waals surface area contributed by atoms with E-state index in [-0.39, 0.29) is 10.8 Å². The molecule has 1 aromatic heterocycles. The van der Waals surface area contributed by atoms with Gasteiger partial charge in [0.15, 0.2) is 8.68 Å². The zero-order valence-electron chi connectivity index (χ0n) is 31.0. The molecule has 0 radical (unpaired) electrons. The molecule has 4 aromatic rings. The van der Waals surface area contributed by atoms with Gasteiger partial charge in [0.1, 0.15) is 0 Å². The molecule has 1 aliphatic heterocycles. The van der Waals surface area contributed by atoms with Crippen molar-refractivity contribution >= 4 is 52.3 Å². The summed E-state index contributed by atoms with van der Waals surface area (Å²) >= 11 is 5.23. The molecular weight excluding hydrogens is 681 g/mol. The number of allylic oxidation sites excluding steroid dienone is 7. The quantitative estimate of drug-likeness (QED) is 0.146. The topological polar surface area (TPSA) is 41.1 Å². The second-order valence-corrected chi connectivity index (χ2v) is 17.9. The lowest BCUT2D eigenvalue weighted by Crippen LogP contribution is -2.26. The summed E-state index contributed by atoms with van der Waals surface area (Å²) in [4.78, 5) is 3.68. The van der Waals surface area contributed by atoms with Crippen molar-refractivity contribution in [3.05, 3.63) is 148 Å². The van der Waals surface area contributed by atoms with E-state index in [1.807, 2.05) is 13.1 Å². The number of fused-ring (bicyclic) bond motifs is 1. The summed E-state index contributed by atoms with van der Waals surface area (Å²) in [7, 11) is 4.21. The van der Waals surface area contributed by atoms with Crippen LogP contribution < -0.4 is 10.2 Å². The average Bonchev–Trinajstić information content (AvgIpc) is 3.68. The highest BCUT2D eigenvalue weighted by Gasteiger charge is 2.38. The van der Waals surface area contributed by atoms with Crippen molar-refractivity contribution < 1.29 is 0 Å². The molecule has 0 amide bonds. The number of rotatable bonds is 12. The minimum Gasteiger partial charge on any atom is -0.388 e. The fourth-order valence-corrected chi connectivity index (χ4v) is 10.3. The molecule has 2 aliphatic rings. The summed E-state index contributed by atoms with van der Waals surface area (Å²) in [6.45, 7) is 15.6. The molecule has 1 atom stereocenters. The summed E-state index contributed by atoms with van der Waals surface area (Å²) in [5.74, 6) is 1.18. The fourth-order valence-electron chi connectivity index (χ4n) is 7.12. The van der Waals surface area contributed by atoms with E-state index >= 15 is 0 Å². The number of hydrogen-bond acceptors (Lipinski definition) is 7. The predicted molar refractivity (Wildman–Crippen MR) is 224 cm³/mol. The number of likely N-dealkylation sites (N-methyl/N-ethyl adjacent to an activating group) is 1. The largest absolute Gasteiger partial charge is 0.388 e. The van der Waals surface area contributed by atoms with Gasteiger partial charge in [0.25, 0.3) is 0 Å². The highest BCUT2D eigenvalue weighted by atomic mass is 32.2. The van der Waals surface area contributed by atoms with Crippen LogP contribution in [-0.2, 0) is 16.6 Å². The highest BCUT2D eigenvalue weighted by molar-refractivity contribution is 8.05. The Kier molecular flexibility index (Phi) is 11.5. The van der Waals surface area contributed by atoms with E-state index in [0.717, 1.165) is 39.3 Å². The number of anilines is 2. The number of para-hydroxylation sites is 2. The molecule has 3 aromatic carbocycles. The van der Waals surface area contributed by atoms with E-state index in [9.17, 15) is 0 Å². The third-order valence-corrected chi connectivity index (χ3v) is 14.0. The zero-order valence-corrected chi connectivity index (χ0v) is 33.4. The van der Waals surface area contributed by atoms with Crippen LogP contribution in [0.1, 0.15) is 76.1 Å². The molecule has 0 saturated heterocycles. The van der Waals surface area contributed by atoms with Gasteiger partial charge >= 0.3 is 0 Å². The monoisotopic (exact) mass is 730 g/mol. The molecule has 1 N–H and O–H groups in total. The van der Waals surface area contributed by atoms with Crippen molar-refractivity contribution in [1.29, 1.82) is 0 Å². The van der Waals surface area contributed by atoms with Gasteiger partial charge in [-0.05, 0) is 82.2 Å². The van der Waals surface area contributed by atoms with E-state index in [1.54, 1.807) is 34.9 Å². The van der Waals surface area contributed by atoms with Gasteiger partial charge in [0.05, 0.1) is 0 Å². The van der Waals surface area contributed by atoms with Crippen LogP contribution in [-0.4, -0.2) is 24.3 Å². The molecule has 0 fully saturated rings. The van der Waals surface area contributed by atoms with Gasteiger partial charge in [-0.15, -0.1) is 10.2 Å². The number of benzene rings is 3. The molecule has 0 bridgehead atoms. The van der Waals surface area contributed by atoms with E-state index in [1.165, 1.54) is 49.8 Å². The van der Waals surface area contributed by atoms with Crippen molar-refractivity contribution in [3.8, 4) is 0 Å². The lowest BCUT2D eigenvalue weighted by molar-refractivity contribution is 0.410. The maximum Gasteiger partial charge on any atom is 0.179 e. The Morgan fingerprint density at radius 2 is 1.71 bits per heavy atom. The minimum absolute atomic E-state index is 0.0489. The van der Waals surface area contributed by atoms with Crippen LogP contribution in [0, 0.1) is 5.92 Å². The second kappa shape index (κ2) is 15.9. The Morgan fingerprint density at radius 3 is 2.45 bits per heavy atom. The predicted octanol–water partition coefficient (Wildman–Crippen LogP) is 12.5. The Labute approximate surface area is 318 Å². The number of nitrogens with zero attached hydrogens (tertiary/aromatic N) is 3. The first kappa shape index (κ1) is 37.0. The maximum absolute atomic E-state index is 4.69. The first-order chi connectivity index (χ1) is 24.5. The van der Waals surface area contributed by atoms with Gasteiger partial charge in [-0.2, -0.15) is 0 Å². The van der Waals surface area contributed by atoms with Gasteiger partial charge < -0.3 is 10.2 Å². The van der Waals surface area contributed by atoms with Crippen LogP contribution in [0.2, 0.25) is 0 Å². The number of hydrogen-bond donors (Lipinski definition) is 1. The lowest BCUT2D eigenvalue weighted by atomic mass is 9.73. The van der Waals surface area contributed by atoms with Crippen molar-refractivity contribution in [3.63, 3.8) is 0 Å². The molecule has 0 saturated carbocycles. The third-order valence-electron chi connectivity index (χ3n) is 10.6. The van der Waals surface area contributed by atoms with Crippen LogP contribution >= 0.6 is 34.9 Å². The van der Waals surface area contributed by atoms with Crippen LogP contribution in [0.4, 0.5) is 11.4 Å². The summed E-state index contributed by atoms with van der Waals surface area (Å²) in [5, 5.41) is 12.7. The molecule has 2 heterocycles. The molecular formula is C44H50N4S3. The molecule has 7 heteroatoms. The first-order valence-corrected chi connectivity index (χ1v) is 20.4. The van der Waals surface area contributed by atoms with Crippen LogP contribution in [0.3, 0.4) is 0 Å². The Hall–Kier alpha value is -3.78. The van der Waals surface area contributed by atoms with Crippen molar-refractivity contribution in [2.24, 2.45) is 5.92 Å². The number of aromatic nitrogens is 2. The van der Waals surface area contributed by atoms with E-state index in [4.69, 9.17) is 5.10 Å². The zero-order chi connectivity index (χ0) is 36.2. The third kappa shape index (κ3) is 8.01. The number of thioether (sulfide) groups is 2. The normalized spacial score (nSPS) is 18.1. The Bertz CT molecular complexity index is 1990. The van der Waals surface area contributed by atoms with E-state index < -0.39 is 0 Å². The average molecular weight is 731 g/mol. The Morgan fingerprint density at radius 1 is 0.980 bits per heavy atom. The van der Waals surface area contributed by atoms with Gasteiger partial charge in [-0.3, -0.25) is 0 Å². The van der Waals surface area contributed by atoms with Crippen molar-refractivity contribution in [2.75, 3.05) is 24.3 Å². The summed E-state index contributed by atoms with van der Waals surface area (Å²) in [6, 6.07) is 26.0. The second-order valence-electron chi connectivity index (χ2n) is 14.5. The van der Waals surface area contributed by atoms with Crippen LogP contribution in [0.25, 0.3) is 6.08 Å².